The fraction of sp³-hybridized carbons (Fsp3) is 0.353. The van der Waals surface area contributed by atoms with Gasteiger partial charge in [-0.15, -0.1) is 0 Å². The summed E-state index contributed by atoms with van der Waals surface area (Å²) in [6, 6.07) is 13.0. The van der Waals surface area contributed by atoms with Crippen LogP contribution in [0.4, 0.5) is 0 Å². The largest absolute Gasteiger partial charge is 0.481 e. The molecule has 2 aromatic rings. The van der Waals surface area contributed by atoms with Gasteiger partial charge in [0.25, 0.3) is 0 Å². The average molecular weight is 283 g/mol. The molecule has 0 saturated carbocycles. The summed E-state index contributed by atoms with van der Waals surface area (Å²) in [6.45, 7) is 2.81. The quantitative estimate of drug-likeness (QED) is 0.904. The lowest BCUT2D eigenvalue weighted by molar-refractivity contribution is 0.397. The van der Waals surface area contributed by atoms with Gasteiger partial charge in [-0.3, -0.25) is 0 Å². The van der Waals surface area contributed by atoms with E-state index in [1.165, 1.54) is 16.7 Å². The molecule has 0 fully saturated rings. The third-order valence-electron chi connectivity index (χ3n) is 3.92. The molecular formula is C17H21N3O. The van der Waals surface area contributed by atoms with Crippen molar-refractivity contribution in [3.8, 4) is 5.88 Å². The van der Waals surface area contributed by atoms with Gasteiger partial charge in [-0.2, -0.15) is 0 Å². The number of hydrogen-bond donors (Lipinski definition) is 2. The lowest BCUT2D eigenvalue weighted by atomic mass is 9.99. The van der Waals surface area contributed by atoms with Crippen LogP contribution in [0.25, 0.3) is 0 Å². The molecule has 0 bridgehead atoms. The lowest BCUT2D eigenvalue weighted by Crippen LogP contribution is -2.22. The monoisotopic (exact) mass is 283 g/mol. The molecule has 0 spiro atoms. The van der Waals surface area contributed by atoms with E-state index < -0.39 is 0 Å². The van der Waals surface area contributed by atoms with Gasteiger partial charge in [0.05, 0.1) is 7.11 Å². The van der Waals surface area contributed by atoms with Crippen LogP contribution in [0.2, 0.25) is 0 Å². The van der Waals surface area contributed by atoms with Crippen molar-refractivity contribution in [2.75, 3.05) is 13.7 Å². The Bertz CT molecular complexity index is 583. The smallest absolute Gasteiger partial charge is 0.212 e. The first-order valence-corrected chi connectivity index (χ1v) is 7.37. The molecule has 1 unspecified atom stereocenters. The Morgan fingerprint density at radius 1 is 1.29 bits per heavy atom. The second-order valence-corrected chi connectivity index (χ2v) is 5.31. The third kappa shape index (κ3) is 3.40. The standard InChI is InChI=1S/C17H21N3O/c1-21-17-7-6-13(11-20-17)10-19-16-8-9-18-12-14-4-2-3-5-15(14)16/h2-7,11,16,18-19H,8-10,12H2,1H3. The molecule has 1 aliphatic rings. The Labute approximate surface area is 125 Å². The van der Waals surface area contributed by atoms with Gasteiger partial charge < -0.3 is 15.4 Å². The number of methoxy groups -OCH3 is 1. The van der Waals surface area contributed by atoms with Crippen LogP contribution in [0.5, 0.6) is 5.88 Å². The molecular weight excluding hydrogens is 262 g/mol. The first-order valence-electron chi connectivity index (χ1n) is 7.37. The predicted octanol–water partition coefficient (Wildman–Crippen LogP) is 2.41. The molecule has 1 aromatic carbocycles. The summed E-state index contributed by atoms with van der Waals surface area (Å²) >= 11 is 0. The molecule has 2 heterocycles. The van der Waals surface area contributed by atoms with Crippen molar-refractivity contribution in [3.63, 3.8) is 0 Å². The maximum Gasteiger partial charge on any atom is 0.212 e. The Kier molecular flexibility index (Phi) is 4.48. The molecule has 1 aromatic heterocycles. The van der Waals surface area contributed by atoms with Gasteiger partial charge >= 0.3 is 0 Å². The Morgan fingerprint density at radius 3 is 3.00 bits per heavy atom. The summed E-state index contributed by atoms with van der Waals surface area (Å²) < 4.78 is 5.09. The van der Waals surface area contributed by atoms with Gasteiger partial charge in [0.15, 0.2) is 0 Å². The highest BCUT2D eigenvalue weighted by Crippen LogP contribution is 2.23. The van der Waals surface area contributed by atoms with Crippen LogP contribution in [0, 0.1) is 0 Å². The summed E-state index contributed by atoms with van der Waals surface area (Å²) in [5.74, 6) is 0.655. The van der Waals surface area contributed by atoms with E-state index in [-0.39, 0.29) is 0 Å². The molecule has 3 rings (SSSR count). The second-order valence-electron chi connectivity index (χ2n) is 5.31. The van der Waals surface area contributed by atoms with Crippen LogP contribution in [-0.2, 0) is 13.1 Å². The zero-order chi connectivity index (χ0) is 14.5. The van der Waals surface area contributed by atoms with Crippen LogP contribution in [0.3, 0.4) is 0 Å². The summed E-state index contributed by atoms with van der Waals surface area (Å²) in [6.07, 6.45) is 2.97. The van der Waals surface area contributed by atoms with E-state index in [9.17, 15) is 0 Å². The van der Waals surface area contributed by atoms with Crippen LogP contribution in [0.1, 0.15) is 29.2 Å². The normalized spacial score (nSPS) is 17.9. The van der Waals surface area contributed by atoms with Crippen LogP contribution >= 0.6 is 0 Å². The zero-order valence-corrected chi connectivity index (χ0v) is 12.3. The highest BCUT2D eigenvalue weighted by Gasteiger charge is 2.17. The molecule has 0 radical (unpaired) electrons. The number of ether oxygens (including phenoxy) is 1. The van der Waals surface area contributed by atoms with Crippen LogP contribution < -0.4 is 15.4 Å². The van der Waals surface area contributed by atoms with Gasteiger partial charge in [-0.05, 0) is 29.7 Å². The highest BCUT2D eigenvalue weighted by molar-refractivity contribution is 5.31. The topological polar surface area (TPSA) is 46.2 Å². The van der Waals surface area contributed by atoms with Crippen LogP contribution in [-0.4, -0.2) is 18.6 Å². The maximum absolute atomic E-state index is 5.09. The summed E-state index contributed by atoms with van der Waals surface area (Å²) in [5, 5.41) is 7.13. The molecule has 4 nitrogen and oxygen atoms in total. The van der Waals surface area contributed by atoms with Crippen molar-refractivity contribution in [1.29, 1.82) is 0 Å². The van der Waals surface area contributed by atoms with Crippen LogP contribution in [0.15, 0.2) is 42.6 Å². The van der Waals surface area contributed by atoms with Gasteiger partial charge in [0.1, 0.15) is 0 Å². The number of pyridine rings is 1. The first-order chi connectivity index (χ1) is 10.4. The second kappa shape index (κ2) is 6.70. The number of benzene rings is 1. The number of hydrogen-bond acceptors (Lipinski definition) is 4. The number of rotatable bonds is 4. The minimum absolute atomic E-state index is 0.387. The molecule has 21 heavy (non-hydrogen) atoms. The van der Waals surface area contributed by atoms with E-state index in [0.717, 1.165) is 26.1 Å². The summed E-state index contributed by atoms with van der Waals surface area (Å²) in [5.41, 5.74) is 3.97. The number of aromatic nitrogens is 1. The molecule has 110 valence electrons. The molecule has 1 atom stereocenters. The van der Waals surface area contributed by atoms with Crippen molar-refractivity contribution >= 4 is 0 Å². The molecule has 0 saturated heterocycles. The number of nitrogens with zero attached hydrogens (tertiary/aromatic N) is 1. The van der Waals surface area contributed by atoms with Gasteiger partial charge in [-0.25, -0.2) is 4.98 Å². The van der Waals surface area contributed by atoms with Gasteiger partial charge in [-0.1, -0.05) is 30.3 Å². The van der Waals surface area contributed by atoms with E-state index in [2.05, 4.69) is 45.9 Å². The van der Waals surface area contributed by atoms with Crippen molar-refractivity contribution in [2.45, 2.75) is 25.6 Å². The van der Waals surface area contributed by atoms with E-state index in [0.29, 0.717) is 11.9 Å². The van der Waals surface area contributed by atoms with Crippen molar-refractivity contribution in [1.82, 2.24) is 15.6 Å². The number of fused-ring (bicyclic) bond motifs is 1. The molecule has 0 aliphatic carbocycles. The zero-order valence-electron chi connectivity index (χ0n) is 12.3. The maximum atomic E-state index is 5.09. The van der Waals surface area contributed by atoms with Crippen molar-refractivity contribution < 1.29 is 4.74 Å². The summed E-state index contributed by atoms with van der Waals surface area (Å²) in [7, 11) is 1.63. The van der Waals surface area contributed by atoms with Gasteiger partial charge in [0.2, 0.25) is 5.88 Å². The SMILES string of the molecule is COc1ccc(CNC2CCNCc3ccccc32)cn1. The molecule has 2 N–H and O–H groups in total. The van der Waals surface area contributed by atoms with Crippen molar-refractivity contribution in [3.05, 3.63) is 59.3 Å². The Morgan fingerprint density at radius 2 is 2.19 bits per heavy atom. The summed E-state index contributed by atoms with van der Waals surface area (Å²) in [4.78, 5) is 4.25. The fourth-order valence-electron chi connectivity index (χ4n) is 2.75. The van der Waals surface area contributed by atoms with Gasteiger partial charge in [0, 0.05) is 31.4 Å². The van der Waals surface area contributed by atoms with Crippen molar-refractivity contribution in [2.24, 2.45) is 0 Å². The van der Waals surface area contributed by atoms with E-state index in [1.54, 1.807) is 7.11 Å². The average Bonchev–Trinajstić information content (AvgIpc) is 2.76. The molecule has 4 heteroatoms. The van der Waals surface area contributed by atoms with E-state index >= 15 is 0 Å². The molecule has 0 amide bonds. The Hall–Kier alpha value is -1.91. The minimum Gasteiger partial charge on any atom is -0.481 e. The predicted molar refractivity (Wildman–Crippen MR) is 83.1 cm³/mol. The lowest BCUT2D eigenvalue weighted by Gasteiger charge is -2.19. The number of nitrogens with one attached hydrogen (secondary N) is 2. The minimum atomic E-state index is 0.387. The first kappa shape index (κ1) is 14.0. The van der Waals surface area contributed by atoms with E-state index in [1.807, 2.05) is 12.3 Å². The fourth-order valence-corrected chi connectivity index (χ4v) is 2.75. The highest BCUT2D eigenvalue weighted by atomic mass is 16.5. The van der Waals surface area contributed by atoms with E-state index in [4.69, 9.17) is 4.74 Å². The third-order valence-corrected chi connectivity index (χ3v) is 3.92. The Balaban J connectivity index is 1.69. The molecule has 1 aliphatic heterocycles.